The molecule has 0 saturated carbocycles. The topological polar surface area (TPSA) is 22.1 Å². The number of rotatable bonds is 2. The molecule has 0 saturated heterocycles. The van der Waals surface area contributed by atoms with Crippen LogP contribution in [0, 0.1) is 0 Å². The predicted octanol–water partition coefficient (Wildman–Crippen LogP) is 3.68. The van der Waals surface area contributed by atoms with E-state index in [1.807, 2.05) is 38.1 Å². The van der Waals surface area contributed by atoms with Crippen molar-refractivity contribution in [2.75, 3.05) is 0 Å². The van der Waals surface area contributed by atoms with Gasteiger partial charge in [-0.2, -0.15) is 0 Å². The number of halogens is 1. The van der Waals surface area contributed by atoms with E-state index >= 15 is 0 Å². The molecule has 1 aromatic carbocycles. The summed E-state index contributed by atoms with van der Waals surface area (Å²) in [5.41, 5.74) is 0.818. The maximum Gasteiger partial charge on any atom is 0.145 e. The Morgan fingerprint density at radius 2 is 2.00 bits per heavy atom. The zero-order valence-electron chi connectivity index (χ0n) is 8.70. The van der Waals surface area contributed by atoms with Gasteiger partial charge in [0.15, 0.2) is 0 Å². The highest BCUT2D eigenvalue weighted by Crippen LogP contribution is 2.25. The van der Waals surface area contributed by atoms with Gasteiger partial charge >= 0.3 is 0 Å². The molecule has 0 N–H and O–H groups in total. The van der Waals surface area contributed by atoms with Crippen LogP contribution in [-0.2, 0) is 0 Å². The molecule has 78 valence electrons. The van der Waals surface area contributed by atoms with Gasteiger partial charge in [-0.3, -0.25) is 0 Å². The van der Waals surface area contributed by atoms with Gasteiger partial charge in [-0.15, -0.1) is 0 Å². The van der Waals surface area contributed by atoms with Gasteiger partial charge in [0.1, 0.15) is 16.4 Å². The second-order valence-corrected chi connectivity index (χ2v) is 4.02. The summed E-state index contributed by atoms with van der Waals surface area (Å²) in [6, 6.07) is 9.58. The van der Waals surface area contributed by atoms with Crippen LogP contribution in [0.1, 0.15) is 13.8 Å². The third-order valence-corrected chi connectivity index (χ3v) is 2.22. The summed E-state index contributed by atoms with van der Waals surface area (Å²) in [5, 5.41) is 1.53. The molecule has 2 rings (SSSR count). The Balaban J connectivity index is 2.58. The summed E-state index contributed by atoms with van der Waals surface area (Å²) >= 11 is 5.86. The van der Waals surface area contributed by atoms with Crippen molar-refractivity contribution in [1.29, 1.82) is 0 Å². The maximum absolute atomic E-state index is 5.86. The summed E-state index contributed by atoms with van der Waals surface area (Å²) in [7, 11) is 0. The van der Waals surface area contributed by atoms with Crippen molar-refractivity contribution in [1.82, 2.24) is 4.98 Å². The Morgan fingerprint density at radius 1 is 1.20 bits per heavy atom. The quantitative estimate of drug-likeness (QED) is 0.722. The normalized spacial score (nSPS) is 10.9. The average molecular weight is 222 g/mol. The van der Waals surface area contributed by atoms with E-state index in [2.05, 4.69) is 4.98 Å². The van der Waals surface area contributed by atoms with Gasteiger partial charge in [0, 0.05) is 5.39 Å². The molecule has 1 heterocycles. The number of hydrogen-bond acceptors (Lipinski definition) is 2. The number of hydrogen-bond donors (Lipinski definition) is 0. The van der Waals surface area contributed by atoms with Crippen molar-refractivity contribution in [2.45, 2.75) is 20.0 Å². The number of para-hydroxylation sites is 1. The van der Waals surface area contributed by atoms with Gasteiger partial charge < -0.3 is 4.74 Å². The smallest absolute Gasteiger partial charge is 0.145 e. The molecule has 0 spiro atoms. The van der Waals surface area contributed by atoms with Crippen molar-refractivity contribution < 1.29 is 4.74 Å². The van der Waals surface area contributed by atoms with Crippen LogP contribution in [0.25, 0.3) is 10.9 Å². The summed E-state index contributed by atoms with van der Waals surface area (Å²) in [5.74, 6) is 0.782. The molecule has 0 aliphatic heterocycles. The molecule has 0 unspecified atom stereocenters. The monoisotopic (exact) mass is 221 g/mol. The molecular weight excluding hydrogens is 210 g/mol. The van der Waals surface area contributed by atoms with E-state index in [4.69, 9.17) is 16.3 Å². The predicted molar refractivity (Wildman–Crippen MR) is 62.5 cm³/mol. The minimum Gasteiger partial charge on any atom is -0.489 e. The Bertz CT molecular complexity index is 482. The summed E-state index contributed by atoms with van der Waals surface area (Å²) in [6.07, 6.45) is 0.136. The van der Waals surface area contributed by atoms with Crippen LogP contribution in [0.3, 0.4) is 0 Å². The van der Waals surface area contributed by atoms with Gasteiger partial charge in [-0.1, -0.05) is 23.7 Å². The largest absolute Gasteiger partial charge is 0.489 e. The van der Waals surface area contributed by atoms with Crippen LogP contribution in [0.5, 0.6) is 5.75 Å². The highest BCUT2D eigenvalue weighted by atomic mass is 35.5. The Labute approximate surface area is 93.8 Å². The summed E-state index contributed by atoms with van der Waals surface area (Å²) in [6.45, 7) is 3.98. The molecule has 0 aliphatic rings. The van der Waals surface area contributed by atoms with Gasteiger partial charge in [-0.25, -0.2) is 4.98 Å². The van der Waals surface area contributed by atoms with Gasteiger partial charge in [-0.05, 0) is 32.0 Å². The van der Waals surface area contributed by atoms with Crippen LogP contribution in [-0.4, -0.2) is 11.1 Å². The first-order valence-corrected chi connectivity index (χ1v) is 5.26. The zero-order valence-corrected chi connectivity index (χ0v) is 9.45. The first-order valence-electron chi connectivity index (χ1n) is 4.89. The maximum atomic E-state index is 5.86. The van der Waals surface area contributed by atoms with Crippen LogP contribution in [0.4, 0.5) is 0 Å². The molecule has 0 radical (unpaired) electrons. The number of fused-ring (bicyclic) bond motifs is 1. The van der Waals surface area contributed by atoms with E-state index in [0.717, 1.165) is 16.7 Å². The Morgan fingerprint density at radius 3 is 2.73 bits per heavy atom. The zero-order chi connectivity index (χ0) is 10.8. The lowest BCUT2D eigenvalue weighted by atomic mass is 10.2. The second kappa shape index (κ2) is 4.07. The standard InChI is InChI=1S/C12H12ClNO/c1-8(2)15-10-5-3-4-9-6-7-11(13)14-12(9)10/h3-8H,1-2H3. The minimum atomic E-state index is 0.136. The number of aromatic nitrogens is 1. The number of benzene rings is 1. The molecule has 2 aromatic rings. The fourth-order valence-corrected chi connectivity index (χ4v) is 1.59. The van der Waals surface area contributed by atoms with E-state index in [1.165, 1.54) is 0 Å². The Kier molecular flexibility index (Phi) is 2.78. The SMILES string of the molecule is CC(C)Oc1cccc2ccc(Cl)nc12. The van der Waals surface area contributed by atoms with E-state index in [1.54, 1.807) is 6.07 Å². The van der Waals surface area contributed by atoms with E-state index in [0.29, 0.717) is 5.15 Å². The lowest BCUT2D eigenvalue weighted by molar-refractivity contribution is 0.245. The third-order valence-electron chi connectivity index (χ3n) is 2.01. The summed E-state index contributed by atoms with van der Waals surface area (Å²) < 4.78 is 5.66. The van der Waals surface area contributed by atoms with E-state index in [9.17, 15) is 0 Å². The highest BCUT2D eigenvalue weighted by Gasteiger charge is 2.05. The molecule has 0 bridgehead atoms. The molecule has 3 heteroatoms. The van der Waals surface area contributed by atoms with Crippen LogP contribution in [0.15, 0.2) is 30.3 Å². The molecule has 15 heavy (non-hydrogen) atoms. The molecule has 1 aromatic heterocycles. The van der Waals surface area contributed by atoms with Gasteiger partial charge in [0.2, 0.25) is 0 Å². The number of nitrogens with zero attached hydrogens (tertiary/aromatic N) is 1. The number of pyridine rings is 1. The molecule has 0 fully saturated rings. The molecular formula is C12H12ClNO. The first kappa shape index (κ1) is 10.2. The average Bonchev–Trinajstić information content (AvgIpc) is 2.18. The third kappa shape index (κ3) is 2.21. The van der Waals surface area contributed by atoms with E-state index in [-0.39, 0.29) is 6.10 Å². The second-order valence-electron chi connectivity index (χ2n) is 3.63. The minimum absolute atomic E-state index is 0.136. The van der Waals surface area contributed by atoms with E-state index < -0.39 is 0 Å². The fourth-order valence-electron chi connectivity index (χ4n) is 1.45. The fraction of sp³-hybridized carbons (Fsp3) is 0.250. The van der Waals surface area contributed by atoms with Gasteiger partial charge in [0.25, 0.3) is 0 Å². The number of ether oxygens (including phenoxy) is 1. The van der Waals surface area contributed by atoms with Crippen molar-refractivity contribution in [2.24, 2.45) is 0 Å². The van der Waals surface area contributed by atoms with Crippen molar-refractivity contribution in [3.63, 3.8) is 0 Å². The lowest BCUT2D eigenvalue weighted by Crippen LogP contribution is -2.06. The van der Waals surface area contributed by atoms with Crippen molar-refractivity contribution >= 4 is 22.5 Å². The van der Waals surface area contributed by atoms with Crippen molar-refractivity contribution in [3.05, 3.63) is 35.5 Å². The van der Waals surface area contributed by atoms with Gasteiger partial charge in [0.05, 0.1) is 6.10 Å². The Hall–Kier alpha value is -1.28. The van der Waals surface area contributed by atoms with Crippen LogP contribution >= 0.6 is 11.6 Å². The van der Waals surface area contributed by atoms with Crippen LogP contribution in [0.2, 0.25) is 5.15 Å². The lowest BCUT2D eigenvalue weighted by Gasteiger charge is -2.11. The van der Waals surface area contributed by atoms with Crippen LogP contribution < -0.4 is 4.74 Å². The molecule has 2 nitrogen and oxygen atoms in total. The molecule has 0 atom stereocenters. The van der Waals surface area contributed by atoms with Crippen molar-refractivity contribution in [3.8, 4) is 5.75 Å². The highest BCUT2D eigenvalue weighted by molar-refractivity contribution is 6.29. The molecule has 0 amide bonds. The molecule has 0 aliphatic carbocycles. The summed E-state index contributed by atoms with van der Waals surface area (Å²) in [4.78, 5) is 4.27. The first-order chi connectivity index (χ1) is 7.16.